The number of nitrogens with zero attached hydrogens (tertiary/aromatic N) is 2. The van der Waals surface area contributed by atoms with Crippen molar-refractivity contribution in [3.63, 3.8) is 0 Å². The van der Waals surface area contributed by atoms with Crippen molar-refractivity contribution in [2.75, 3.05) is 45.2 Å². The first-order valence-corrected chi connectivity index (χ1v) is 8.83. The third kappa shape index (κ3) is 4.62. The average molecular weight is 361 g/mol. The highest BCUT2D eigenvalue weighted by Crippen LogP contribution is 2.23. The fourth-order valence-corrected chi connectivity index (χ4v) is 2.95. The van der Waals surface area contributed by atoms with E-state index in [1.807, 2.05) is 24.3 Å². The second-order valence-corrected chi connectivity index (χ2v) is 6.08. The molecule has 142 valence electrons. The largest absolute Gasteiger partial charge is 0.466 e. The van der Waals surface area contributed by atoms with Gasteiger partial charge in [-0.2, -0.15) is 0 Å². The summed E-state index contributed by atoms with van der Waals surface area (Å²) < 4.78 is 4.80. The molecule has 1 aliphatic rings. The molecule has 7 heteroatoms. The zero-order valence-electron chi connectivity index (χ0n) is 15.6. The SMILES string of the molecule is CCN(CC)Cc1cccc(NC2=C(C(=O)OC)CN(CCO)C2=O)c1. The van der Waals surface area contributed by atoms with Gasteiger partial charge in [0.2, 0.25) is 0 Å². The van der Waals surface area contributed by atoms with Gasteiger partial charge in [0.15, 0.2) is 0 Å². The van der Waals surface area contributed by atoms with Crippen LogP contribution in [-0.4, -0.2) is 66.7 Å². The number of β-amino-alcohol motifs (C(OH)–C–C–N with tert-alkyl or cyclic N) is 1. The summed E-state index contributed by atoms with van der Waals surface area (Å²) >= 11 is 0. The summed E-state index contributed by atoms with van der Waals surface area (Å²) in [5, 5.41) is 12.2. The Balaban J connectivity index is 2.23. The van der Waals surface area contributed by atoms with Crippen LogP contribution in [0.15, 0.2) is 35.5 Å². The summed E-state index contributed by atoms with van der Waals surface area (Å²) in [5.41, 5.74) is 2.35. The Morgan fingerprint density at radius 1 is 1.35 bits per heavy atom. The summed E-state index contributed by atoms with van der Waals surface area (Å²) in [4.78, 5) is 28.3. The molecule has 0 radical (unpaired) electrons. The van der Waals surface area contributed by atoms with E-state index in [2.05, 4.69) is 24.1 Å². The number of nitrogens with one attached hydrogen (secondary N) is 1. The van der Waals surface area contributed by atoms with Crippen molar-refractivity contribution in [3.8, 4) is 0 Å². The maximum absolute atomic E-state index is 12.6. The van der Waals surface area contributed by atoms with Crippen molar-refractivity contribution < 1.29 is 19.4 Å². The molecule has 0 bridgehead atoms. The fraction of sp³-hybridized carbons (Fsp3) is 0.474. The Morgan fingerprint density at radius 3 is 2.69 bits per heavy atom. The van der Waals surface area contributed by atoms with Crippen LogP contribution >= 0.6 is 0 Å². The molecule has 26 heavy (non-hydrogen) atoms. The van der Waals surface area contributed by atoms with E-state index in [1.54, 1.807) is 0 Å². The lowest BCUT2D eigenvalue weighted by atomic mass is 10.1. The summed E-state index contributed by atoms with van der Waals surface area (Å²) in [5.74, 6) is -0.853. The van der Waals surface area contributed by atoms with Crippen LogP contribution in [0.2, 0.25) is 0 Å². The predicted octanol–water partition coefficient (Wildman–Crippen LogP) is 1.20. The number of aliphatic hydroxyl groups is 1. The molecule has 0 fully saturated rings. The van der Waals surface area contributed by atoms with Crippen LogP contribution in [0.25, 0.3) is 0 Å². The lowest BCUT2D eigenvalue weighted by Gasteiger charge is -2.19. The van der Waals surface area contributed by atoms with E-state index in [0.29, 0.717) is 0 Å². The number of methoxy groups -OCH3 is 1. The average Bonchev–Trinajstić information content (AvgIpc) is 2.96. The van der Waals surface area contributed by atoms with Gasteiger partial charge in [-0.3, -0.25) is 9.69 Å². The standard InChI is InChI=1S/C19H27N3O4/c1-4-21(5-2)12-14-7-6-8-15(11-14)20-17-16(19(25)26-3)13-22(9-10-23)18(17)24/h6-8,11,20,23H,4-5,9-10,12-13H2,1-3H3. The van der Waals surface area contributed by atoms with Gasteiger partial charge in [0, 0.05) is 18.8 Å². The van der Waals surface area contributed by atoms with Crippen molar-refractivity contribution in [3.05, 3.63) is 41.1 Å². The van der Waals surface area contributed by atoms with Crippen LogP contribution in [0.5, 0.6) is 0 Å². The molecule has 0 aliphatic carbocycles. The van der Waals surface area contributed by atoms with Crippen LogP contribution < -0.4 is 5.32 Å². The molecule has 2 rings (SSSR count). The summed E-state index contributed by atoms with van der Waals surface area (Å²) in [6, 6.07) is 7.79. The Hall–Kier alpha value is -2.38. The summed E-state index contributed by atoms with van der Waals surface area (Å²) in [7, 11) is 1.29. The number of hydrogen-bond donors (Lipinski definition) is 2. The number of amides is 1. The van der Waals surface area contributed by atoms with Gasteiger partial charge < -0.3 is 20.1 Å². The van der Waals surface area contributed by atoms with Crippen molar-refractivity contribution >= 4 is 17.6 Å². The minimum absolute atomic E-state index is 0.132. The monoisotopic (exact) mass is 361 g/mol. The number of anilines is 1. The van der Waals surface area contributed by atoms with E-state index < -0.39 is 5.97 Å². The smallest absolute Gasteiger partial charge is 0.337 e. The molecule has 1 aliphatic heterocycles. The first-order valence-electron chi connectivity index (χ1n) is 8.83. The predicted molar refractivity (Wildman–Crippen MR) is 99.4 cm³/mol. The second-order valence-electron chi connectivity index (χ2n) is 6.08. The van der Waals surface area contributed by atoms with Gasteiger partial charge in [-0.05, 0) is 30.8 Å². The van der Waals surface area contributed by atoms with Crippen molar-refractivity contribution in [2.45, 2.75) is 20.4 Å². The van der Waals surface area contributed by atoms with E-state index >= 15 is 0 Å². The Kier molecular flexibility index (Phi) is 7.17. The number of benzene rings is 1. The molecular formula is C19H27N3O4. The van der Waals surface area contributed by atoms with E-state index in [1.165, 1.54) is 12.0 Å². The molecular weight excluding hydrogens is 334 g/mol. The highest BCUT2D eigenvalue weighted by atomic mass is 16.5. The normalized spacial score (nSPS) is 14.3. The molecule has 0 unspecified atom stereocenters. The molecule has 1 heterocycles. The summed E-state index contributed by atoms with van der Waals surface area (Å²) in [6.07, 6.45) is 0. The lowest BCUT2D eigenvalue weighted by Crippen LogP contribution is -2.31. The molecule has 1 amide bonds. The maximum atomic E-state index is 12.6. The first-order chi connectivity index (χ1) is 12.5. The second kappa shape index (κ2) is 9.35. The van der Waals surface area contributed by atoms with Crippen LogP contribution in [0, 0.1) is 0 Å². The number of esters is 1. The molecule has 7 nitrogen and oxygen atoms in total. The molecule has 0 saturated heterocycles. The Bertz CT molecular complexity index is 683. The number of aliphatic hydroxyl groups excluding tert-OH is 1. The van der Waals surface area contributed by atoms with E-state index in [-0.39, 0.29) is 36.9 Å². The van der Waals surface area contributed by atoms with Gasteiger partial charge in [0.1, 0.15) is 5.70 Å². The van der Waals surface area contributed by atoms with Gasteiger partial charge in [-0.15, -0.1) is 0 Å². The van der Waals surface area contributed by atoms with Gasteiger partial charge >= 0.3 is 5.97 Å². The van der Waals surface area contributed by atoms with Crippen LogP contribution in [0.4, 0.5) is 5.69 Å². The number of carbonyl (C=O) groups is 2. The van der Waals surface area contributed by atoms with Gasteiger partial charge in [-0.25, -0.2) is 4.79 Å². The number of rotatable bonds is 9. The van der Waals surface area contributed by atoms with Crippen molar-refractivity contribution in [2.24, 2.45) is 0 Å². The topological polar surface area (TPSA) is 82.1 Å². The molecule has 1 aromatic carbocycles. The minimum atomic E-state index is -0.541. The molecule has 0 atom stereocenters. The third-order valence-corrected chi connectivity index (χ3v) is 4.45. The molecule has 0 aromatic heterocycles. The van der Waals surface area contributed by atoms with Crippen molar-refractivity contribution in [1.82, 2.24) is 9.80 Å². The number of ether oxygens (including phenoxy) is 1. The Morgan fingerprint density at radius 2 is 2.08 bits per heavy atom. The number of carbonyl (C=O) groups excluding carboxylic acids is 2. The molecule has 0 spiro atoms. The fourth-order valence-electron chi connectivity index (χ4n) is 2.95. The zero-order valence-corrected chi connectivity index (χ0v) is 15.6. The van der Waals surface area contributed by atoms with E-state index in [4.69, 9.17) is 9.84 Å². The first kappa shape index (κ1) is 19.9. The third-order valence-electron chi connectivity index (χ3n) is 4.45. The van der Waals surface area contributed by atoms with Gasteiger partial charge in [-0.1, -0.05) is 26.0 Å². The van der Waals surface area contributed by atoms with Crippen molar-refractivity contribution in [1.29, 1.82) is 0 Å². The highest BCUT2D eigenvalue weighted by Gasteiger charge is 2.34. The van der Waals surface area contributed by atoms with Crippen LogP contribution in [0.3, 0.4) is 0 Å². The van der Waals surface area contributed by atoms with Gasteiger partial charge in [0.25, 0.3) is 5.91 Å². The van der Waals surface area contributed by atoms with Crippen LogP contribution in [-0.2, 0) is 20.9 Å². The molecule has 2 N–H and O–H groups in total. The maximum Gasteiger partial charge on any atom is 0.337 e. The summed E-state index contributed by atoms with van der Waals surface area (Å²) in [6.45, 7) is 7.11. The number of hydrogen-bond acceptors (Lipinski definition) is 6. The van der Waals surface area contributed by atoms with Crippen LogP contribution in [0.1, 0.15) is 19.4 Å². The molecule has 1 aromatic rings. The van der Waals surface area contributed by atoms with Gasteiger partial charge in [0.05, 0.1) is 25.8 Å². The quantitative estimate of drug-likeness (QED) is 0.643. The Labute approximate surface area is 154 Å². The molecule has 0 saturated carbocycles. The highest BCUT2D eigenvalue weighted by molar-refractivity contribution is 6.08. The zero-order chi connectivity index (χ0) is 19.1. The minimum Gasteiger partial charge on any atom is -0.466 e. The lowest BCUT2D eigenvalue weighted by molar-refractivity contribution is -0.136. The van der Waals surface area contributed by atoms with E-state index in [9.17, 15) is 9.59 Å². The van der Waals surface area contributed by atoms with E-state index in [0.717, 1.165) is 30.9 Å².